The van der Waals surface area contributed by atoms with Gasteiger partial charge in [-0.3, -0.25) is 14.9 Å². The van der Waals surface area contributed by atoms with E-state index in [2.05, 4.69) is 21.2 Å². The molecule has 0 aliphatic heterocycles. The van der Waals surface area contributed by atoms with Crippen LogP contribution in [0.5, 0.6) is 0 Å². The van der Waals surface area contributed by atoms with Crippen LogP contribution in [0, 0.1) is 10.1 Å². The van der Waals surface area contributed by atoms with Crippen molar-refractivity contribution in [1.29, 1.82) is 0 Å². The SMILES string of the molecule is O=C(Cc1ccc([N+](=O)[O-])cc1Br)NC1(C(=O)O)CC1. The predicted octanol–water partition coefficient (Wildman–Crippen LogP) is 1.63. The lowest BCUT2D eigenvalue weighted by atomic mass is 10.1. The Bertz CT molecular complexity index is 598. The van der Waals surface area contributed by atoms with Gasteiger partial charge in [-0.2, -0.15) is 0 Å². The lowest BCUT2D eigenvalue weighted by Crippen LogP contribution is -2.43. The smallest absolute Gasteiger partial charge is 0.329 e. The Hall–Kier alpha value is -1.96. The lowest BCUT2D eigenvalue weighted by molar-refractivity contribution is -0.384. The molecule has 1 fully saturated rings. The van der Waals surface area contributed by atoms with Gasteiger partial charge in [0.25, 0.3) is 5.69 Å². The summed E-state index contributed by atoms with van der Waals surface area (Å²) in [5.41, 5.74) is -0.635. The van der Waals surface area contributed by atoms with Gasteiger partial charge in [-0.25, -0.2) is 4.79 Å². The molecule has 0 unspecified atom stereocenters. The van der Waals surface area contributed by atoms with E-state index in [-0.39, 0.29) is 12.1 Å². The third-order valence-electron chi connectivity index (χ3n) is 3.14. The summed E-state index contributed by atoms with van der Waals surface area (Å²) in [7, 11) is 0. The lowest BCUT2D eigenvalue weighted by Gasteiger charge is -2.12. The summed E-state index contributed by atoms with van der Waals surface area (Å²) in [6, 6.07) is 4.09. The summed E-state index contributed by atoms with van der Waals surface area (Å²) in [6.07, 6.45) is 0.818. The number of nitro benzene ring substituents is 1. The Balaban J connectivity index is 2.05. The number of benzene rings is 1. The molecule has 0 aromatic heterocycles. The summed E-state index contributed by atoms with van der Waals surface area (Å²) in [5.74, 6) is -1.45. The molecule has 1 aromatic rings. The Morgan fingerprint density at radius 3 is 2.55 bits per heavy atom. The molecule has 1 saturated carbocycles. The van der Waals surface area contributed by atoms with Gasteiger partial charge in [0.2, 0.25) is 5.91 Å². The molecular weight excluding hydrogens is 332 g/mol. The van der Waals surface area contributed by atoms with E-state index in [0.717, 1.165) is 0 Å². The maximum Gasteiger partial charge on any atom is 0.329 e. The molecule has 2 rings (SSSR count). The number of aliphatic carboxylic acids is 1. The van der Waals surface area contributed by atoms with Crippen LogP contribution in [0.15, 0.2) is 22.7 Å². The van der Waals surface area contributed by atoms with Gasteiger partial charge in [0.15, 0.2) is 0 Å². The number of nitrogens with zero attached hydrogens (tertiary/aromatic N) is 1. The molecular formula is C12H11BrN2O5. The summed E-state index contributed by atoms with van der Waals surface area (Å²) >= 11 is 3.17. The van der Waals surface area contributed by atoms with Gasteiger partial charge < -0.3 is 10.4 Å². The van der Waals surface area contributed by atoms with Crippen molar-refractivity contribution in [3.63, 3.8) is 0 Å². The molecule has 0 radical (unpaired) electrons. The summed E-state index contributed by atoms with van der Waals surface area (Å²) < 4.78 is 0.446. The van der Waals surface area contributed by atoms with Gasteiger partial charge >= 0.3 is 5.97 Å². The fourth-order valence-corrected chi connectivity index (χ4v) is 2.30. The highest BCUT2D eigenvalue weighted by Crippen LogP contribution is 2.35. The van der Waals surface area contributed by atoms with Gasteiger partial charge in [0.05, 0.1) is 11.3 Å². The van der Waals surface area contributed by atoms with E-state index in [1.165, 1.54) is 18.2 Å². The molecule has 8 heteroatoms. The largest absolute Gasteiger partial charge is 0.480 e. The van der Waals surface area contributed by atoms with Crippen LogP contribution in [-0.4, -0.2) is 27.4 Å². The number of non-ortho nitro benzene ring substituents is 1. The van der Waals surface area contributed by atoms with Crippen molar-refractivity contribution in [2.24, 2.45) is 0 Å². The molecule has 1 aromatic carbocycles. The monoisotopic (exact) mass is 342 g/mol. The number of nitrogens with one attached hydrogen (secondary N) is 1. The molecule has 0 bridgehead atoms. The van der Waals surface area contributed by atoms with Crippen LogP contribution in [0.1, 0.15) is 18.4 Å². The van der Waals surface area contributed by atoms with Gasteiger partial charge in [0.1, 0.15) is 5.54 Å². The zero-order valence-corrected chi connectivity index (χ0v) is 11.8. The van der Waals surface area contributed by atoms with Gasteiger partial charge in [-0.05, 0) is 18.4 Å². The van der Waals surface area contributed by atoms with E-state index in [9.17, 15) is 19.7 Å². The number of hydrogen-bond donors (Lipinski definition) is 2. The fraction of sp³-hybridized carbons (Fsp3) is 0.333. The minimum Gasteiger partial charge on any atom is -0.480 e. The number of carboxylic acids is 1. The number of carbonyl (C=O) groups is 2. The van der Waals surface area contributed by atoms with E-state index in [1.54, 1.807) is 0 Å². The number of carbonyl (C=O) groups excluding carboxylic acids is 1. The zero-order valence-electron chi connectivity index (χ0n) is 10.3. The van der Waals surface area contributed by atoms with Crippen LogP contribution >= 0.6 is 15.9 Å². The molecule has 0 saturated heterocycles. The number of hydrogen-bond acceptors (Lipinski definition) is 4. The van der Waals surface area contributed by atoms with E-state index in [4.69, 9.17) is 5.11 Å². The third kappa shape index (κ3) is 2.96. The number of halogens is 1. The number of carboxylic acid groups (broad SMARTS) is 1. The molecule has 0 atom stereocenters. The van der Waals surface area contributed by atoms with Gasteiger partial charge in [-0.15, -0.1) is 0 Å². The standard InChI is InChI=1S/C12H11BrN2O5/c13-9-6-8(15(19)20)2-1-7(9)5-10(16)14-12(3-4-12)11(17)18/h1-2,6H,3-5H2,(H,14,16)(H,17,18). The predicted molar refractivity (Wildman–Crippen MR) is 72.2 cm³/mol. The highest BCUT2D eigenvalue weighted by atomic mass is 79.9. The molecule has 106 valence electrons. The molecule has 2 N–H and O–H groups in total. The van der Waals surface area contributed by atoms with Crippen molar-refractivity contribution in [2.45, 2.75) is 24.8 Å². The van der Waals surface area contributed by atoms with E-state index < -0.39 is 22.3 Å². The van der Waals surface area contributed by atoms with E-state index in [0.29, 0.717) is 22.9 Å². The fourth-order valence-electron chi connectivity index (χ4n) is 1.79. The van der Waals surface area contributed by atoms with E-state index in [1.807, 2.05) is 0 Å². The molecule has 0 heterocycles. The summed E-state index contributed by atoms with van der Waals surface area (Å²) in [4.78, 5) is 32.8. The van der Waals surface area contributed by atoms with E-state index >= 15 is 0 Å². The van der Waals surface area contributed by atoms with Crippen molar-refractivity contribution in [2.75, 3.05) is 0 Å². The minimum atomic E-state index is -1.12. The van der Waals surface area contributed by atoms with Crippen LogP contribution < -0.4 is 5.32 Å². The maximum absolute atomic E-state index is 11.8. The normalized spacial score (nSPS) is 15.4. The molecule has 1 aliphatic rings. The second-order valence-electron chi connectivity index (χ2n) is 4.65. The van der Waals surface area contributed by atoms with Crippen molar-refractivity contribution in [3.8, 4) is 0 Å². The van der Waals surface area contributed by atoms with Crippen LogP contribution in [0.25, 0.3) is 0 Å². The minimum absolute atomic E-state index is 0.0341. The second-order valence-corrected chi connectivity index (χ2v) is 5.50. The highest BCUT2D eigenvalue weighted by molar-refractivity contribution is 9.10. The Labute approximate surface area is 122 Å². The molecule has 20 heavy (non-hydrogen) atoms. The molecule has 7 nitrogen and oxygen atoms in total. The van der Waals surface area contributed by atoms with Gasteiger partial charge in [0, 0.05) is 16.6 Å². The Kier molecular flexibility index (Phi) is 3.76. The molecule has 1 amide bonds. The second kappa shape index (κ2) is 5.20. The Morgan fingerprint density at radius 1 is 1.45 bits per heavy atom. The molecule has 0 spiro atoms. The summed E-state index contributed by atoms with van der Waals surface area (Å²) in [5, 5.41) is 22.1. The van der Waals surface area contributed by atoms with Crippen LogP contribution in [0.4, 0.5) is 5.69 Å². The van der Waals surface area contributed by atoms with Gasteiger partial charge in [-0.1, -0.05) is 22.0 Å². The van der Waals surface area contributed by atoms with Crippen LogP contribution in [0.2, 0.25) is 0 Å². The van der Waals surface area contributed by atoms with Crippen LogP contribution in [0.3, 0.4) is 0 Å². The average molecular weight is 343 g/mol. The van der Waals surface area contributed by atoms with Crippen molar-refractivity contribution >= 4 is 33.5 Å². The van der Waals surface area contributed by atoms with Crippen molar-refractivity contribution in [1.82, 2.24) is 5.32 Å². The first kappa shape index (κ1) is 14.4. The van der Waals surface area contributed by atoms with Crippen LogP contribution in [-0.2, 0) is 16.0 Å². The average Bonchev–Trinajstić information content (AvgIpc) is 3.12. The molecule has 1 aliphatic carbocycles. The summed E-state index contributed by atoms with van der Waals surface area (Å²) in [6.45, 7) is 0. The first-order chi connectivity index (χ1) is 9.34. The first-order valence-corrected chi connectivity index (χ1v) is 6.60. The van der Waals surface area contributed by atoms with Crippen molar-refractivity contribution in [3.05, 3.63) is 38.3 Å². The highest BCUT2D eigenvalue weighted by Gasteiger charge is 2.51. The topological polar surface area (TPSA) is 110 Å². The maximum atomic E-state index is 11.8. The van der Waals surface area contributed by atoms with Crippen molar-refractivity contribution < 1.29 is 19.6 Å². The number of nitro groups is 1. The quantitative estimate of drug-likeness (QED) is 0.624. The number of rotatable bonds is 5. The zero-order chi connectivity index (χ0) is 14.9. The first-order valence-electron chi connectivity index (χ1n) is 5.81. The Morgan fingerprint density at radius 2 is 2.10 bits per heavy atom. The number of amides is 1. The third-order valence-corrected chi connectivity index (χ3v) is 3.87.